The van der Waals surface area contributed by atoms with Gasteiger partial charge in [-0.15, -0.1) is 0 Å². The van der Waals surface area contributed by atoms with E-state index in [0.29, 0.717) is 19.4 Å². The maximum Gasteiger partial charge on any atom is 0.129 e. The fourth-order valence-electron chi connectivity index (χ4n) is 3.64. The maximum atomic E-state index is 13.8. The monoisotopic (exact) mass is 239 g/mol. The van der Waals surface area contributed by atoms with E-state index in [1.54, 1.807) is 0 Å². The Morgan fingerprint density at radius 3 is 2.41 bits per heavy atom. The third-order valence-corrected chi connectivity index (χ3v) is 4.22. The number of rotatable bonds is 2. The van der Waals surface area contributed by atoms with Gasteiger partial charge in [0.05, 0.1) is 0 Å². The summed E-state index contributed by atoms with van der Waals surface area (Å²) in [5.74, 6) is -0.944. The first-order chi connectivity index (χ1) is 8.11. The van der Waals surface area contributed by atoms with Crippen molar-refractivity contribution in [2.45, 2.75) is 18.3 Å². The zero-order valence-corrected chi connectivity index (χ0v) is 9.47. The van der Waals surface area contributed by atoms with E-state index in [1.165, 1.54) is 18.2 Å². The lowest BCUT2D eigenvalue weighted by Gasteiger charge is -2.60. The second-order valence-electron chi connectivity index (χ2n) is 5.49. The van der Waals surface area contributed by atoms with E-state index in [0.717, 1.165) is 6.54 Å². The normalized spacial score (nSPS) is 35.5. The Labute approximate surface area is 98.6 Å². The number of benzene rings is 1. The van der Waals surface area contributed by atoms with E-state index in [1.807, 2.05) is 0 Å². The number of aliphatic hydroxyl groups is 1. The molecule has 1 saturated carbocycles. The molecule has 17 heavy (non-hydrogen) atoms. The molecule has 0 radical (unpaired) electrons. The first kappa shape index (κ1) is 11.1. The lowest BCUT2D eigenvalue weighted by Crippen LogP contribution is -2.66. The Morgan fingerprint density at radius 2 is 1.82 bits per heavy atom. The molecule has 2 N–H and O–H groups in total. The molecule has 92 valence electrons. The van der Waals surface area contributed by atoms with Crippen molar-refractivity contribution in [3.63, 3.8) is 0 Å². The Kier molecular flexibility index (Phi) is 2.28. The molecule has 4 heteroatoms. The van der Waals surface area contributed by atoms with E-state index >= 15 is 0 Å². The molecule has 0 amide bonds. The number of halogens is 2. The topological polar surface area (TPSA) is 32.3 Å². The van der Waals surface area contributed by atoms with Crippen molar-refractivity contribution in [1.82, 2.24) is 5.32 Å². The summed E-state index contributed by atoms with van der Waals surface area (Å²) < 4.78 is 27.6. The molecular formula is C13H15F2NO. The minimum atomic E-state index is -0.472. The third kappa shape index (κ3) is 1.44. The van der Waals surface area contributed by atoms with Crippen molar-refractivity contribution in [3.8, 4) is 0 Å². The molecule has 2 heterocycles. The summed E-state index contributed by atoms with van der Waals surface area (Å²) in [4.78, 5) is 0. The van der Waals surface area contributed by atoms with Gasteiger partial charge in [-0.25, -0.2) is 8.78 Å². The van der Waals surface area contributed by atoms with Gasteiger partial charge in [-0.2, -0.15) is 0 Å². The van der Waals surface area contributed by atoms with E-state index in [9.17, 15) is 13.9 Å². The van der Waals surface area contributed by atoms with E-state index in [4.69, 9.17) is 0 Å². The predicted molar refractivity (Wildman–Crippen MR) is 59.7 cm³/mol. The fourth-order valence-corrected chi connectivity index (χ4v) is 3.64. The Hall–Kier alpha value is -1.00. The number of hydrogen-bond acceptors (Lipinski definition) is 2. The summed E-state index contributed by atoms with van der Waals surface area (Å²) in [6, 6.07) is 4.00. The summed E-state index contributed by atoms with van der Waals surface area (Å²) in [5, 5.41) is 12.5. The van der Waals surface area contributed by atoms with Crippen LogP contribution in [0.15, 0.2) is 18.2 Å². The van der Waals surface area contributed by atoms with Crippen LogP contribution in [-0.4, -0.2) is 24.8 Å². The van der Waals surface area contributed by atoms with Gasteiger partial charge in [0.2, 0.25) is 0 Å². The highest BCUT2D eigenvalue weighted by Crippen LogP contribution is 2.58. The molecule has 1 aromatic carbocycles. The second kappa shape index (κ2) is 3.50. The molecule has 0 unspecified atom stereocenters. The van der Waals surface area contributed by atoms with Gasteiger partial charge in [-0.1, -0.05) is 6.07 Å². The van der Waals surface area contributed by atoms with Gasteiger partial charge < -0.3 is 10.4 Å². The lowest BCUT2D eigenvalue weighted by molar-refractivity contribution is -0.0610. The van der Waals surface area contributed by atoms with Gasteiger partial charge in [0.1, 0.15) is 11.6 Å². The Balaban J connectivity index is 2.01. The first-order valence-electron chi connectivity index (χ1n) is 5.87. The molecule has 2 aliphatic heterocycles. The summed E-state index contributed by atoms with van der Waals surface area (Å²) in [5.41, 5.74) is -0.445. The van der Waals surface area contributed by atoms with Crippen molar-refractivity contribution < 1.29 is 13.9 Å². The lowest BCUT2D eigenvalue weighted by atomic mass is 9.48. The van der Waals surface area contributed by atoms with Crippen LogP contribution in [0.5, 0.6) is 0 Å². The van der Waals surface area contributed by atoms with Crippen LogP contribution in [0.2, 0.25) is 0 Å². The number of aliphatic hydroxyl groups excluding tert-OH is 1. The quantitative estimate of drug-likeness (QED) is 0.821. The number of nitrogens with one attached hydrogen (secondary N) is 1. The van der Waals surface area contributed by atoms with Crippen molar-refractivity contribution in [2.24, 2.45) is 5.41 Å². The average Bonchev–Trinajstić information content (AvgIpc) is 2.28. The zero-order valence-electron chi connectivity index (χ0n) is 9.47. The van der Waals surface area contributed by atoms with Crippen LogP contribution >= 0.6 is 0 Å². The van der Waals surface area contributed by atoms with Crippen LogP contribution in [0.25, 0.3) is 0 Å². The molecule has 1 aromatic rings. The molecule has 2 bridgehead atoms. The van der Waals surface area contributed by atoms with Crippen molar-refractivity contribution in [1.29, 1.82) is 0 Å². The van der Waals surface area contributed by atoms with Crippen LogP contribution in [0.3, 0.4) is 0 Å². The van der Waals surface area contributed by atoms with Crippen LogP contribution in [-0.2, 0) is 5.41 Å². The summed E-state index contributed by atoms with van der Waals surface area (Å²) in [6.07, 6.45) is 1.34. The van der Waals surface area contributed by atoms with Gasteiger partial charge in [0.15, 0.2) is 0 Å². The summed E-state index contributed by atoms with van der Waals surface area (Å²) in [7, 11) is 0. The molecule has 1 aliphatic carbocycles. The highest BCUT2D eigenvalue weighted by molar-refractivity contribution is 5.35. The van der Waals surface area contributed by atoms with Crippen LogP contribution in [0.1, 0.15) is 18.4 Å². The van der Waals surface area contributed by atoms with Crippen molar-refractivity contribution in [3.05, 3.63) is 35.4 Å². The Morgan fingerprint density at radius 1 is 1.18 bits per heavy atom. The highest BCUT2D eigenvalue weighted by Gasteiger charge is 2.59. The molecule has 0 spiro atoms. The molecule has 2 saturated heterocycles. The van der Waals surface area contributed by atoms with Crippen LogP contribution < -0.4 is 5.32 Å². The standard InChI is InChI=1S/C13H15F2NO/c14-9-2-1-3-10(15)11(9)13-4-12(5-13,8-17)6-16-7-13/h1-3,16-17H,4-8H2. The molecule has 2 nitrogen and oxygen atoms in total. The summed E-state index contributed by atoms with van der Waals surface area (Å²) in [6.45, 7) is 1.41. The maximum absolute atomic E-state index is 13.8. The molecule has 0 aromatic heterocycles. The van der Waals surface area contributed by atoms with Crippen LogP contribution in [0.4, 0.5) is 8.78 Å². The van der Waals surface area contributed by atoms with Gasteiger partial charge in [0.25, 0.3) is 0 Å². The predicted octanol–water partition coefficient (Wildman–Crippen LogP) is 1.58. The van der Waals surface area contributed by atoms with Gasteiger partial charge in [-0.05, 0) is 25.0 Å². The minimum absolute atomic E-state index is 0.0812. The molecular weight excluding hydrogens is 224 g/mol. The van der Waals surface area contributed by atoms with Crippen molar-refractivity contribution in [2.75, 3.05) is 19.7 Å². The Bertz CT molecular complexity index is 434. The number of fused-ring (bicyclic) bond motifs is 2. The van der Waals surface area contributed by atoms with E-state index in [-0.39, 0.29) is 17.6 Å². The zero-order chi connectivity index (χ0) is 12.1. The highest BCUT2D eigenvalue weighted by atomic mass is 19.1. The number of hydrogen-bond donors (Lipinski definition) is 2. The van der Waals surface area contributed by atoms with Gasteiger partial charge >= 0.3 is 0 Å². The first-order valence-corrected chi connectivity index (χ1v) is 5.87. The van der Waals surface area contributed by atoms with Crippen molar-refractivity contribution >= 4 is 0 Å². The molecule has 3 aliphatic rings. The van der Waals surface area contributed by atoms with Gasteiger partial charge in [-0.3, -0.25) is 0 Å². The fraction of sp³-hybridized carbons (Fsp3) is 0.538. The van der Waals surface area contributed by atoms with E-state index < -0.39 is 17.0 Å². The summed E-state index contributed by atoms with van der Waals surface area (Å²) >= 11 is 0. The van der Waals surface area contributed by atoms with Gasteiger partial charge in [0, 0.05) is 36.1 Å². The smallest absolute Gasteiger partial charge is 0.129 e. The SMILES string of the molecule is OCC12CNCC(c3c(F)cccc3F)(C1)C2. The average molecular weight is 239 g/mol. The minimum Gasteiger partial charge on any atom is -0.396 e. The van der Waals surface area contributed by atoms with E-state index in [2.05, 4.69) is 5.32 Å². The molecule has 3 fully saturated rings. The van der Waals surface area contributed by atoms with Crippen LogP contribution in [0, 0.1) is 17.0 Å². The largest absolute Gasteiger partial charge is 0.396 e. The third-order valence-electron chi connectivity index (χ3n) is 4.22. The molecule has 4 rings (SSSR count). The molecule has 0 atom stereocenters. The number of piperidine rings is 2. The second-order valence-corrected chi connectivity index (χ2v) is 5.49.